The highest BCUT2D eigenvalue weighted by Gasteiger charge is 2.07. The molecule has 5 nitrogen and oxygen atoms in total. The number of nitriles is 1. The van der Waals surface area contributed by atoms with E-state index in [0.29, 0.717) is 17.5 Å². The van der Waals surface area contributed by atoms with Crippen LogP contribution < -0.4 is 0 Å². The van der Waals surface area contributed by atoms with Crippen molar-refractivity contribution in [3.8, 4) is 6.07 Å². The summed E-state index contributed by atoms with van der Waals surface area (Å²) in [6, 6.07) is 7.56. The second-order valence-electron chi connectivity index (χ2n) is 4.10. The van der Waals surface area contributed by atoms with Gasteiger partial charge in [-0.3, -0.25) is 4.79 Å². The Hall–Kier alpha value is -2.13. The highest BCUT2D eigenvalue weighted by Crippen LogP contribution is 2.15. The van der Waals surface area contributed by atoms with Gasteiger partial charge in [0.2, 0.25) is 0 Å². The first kappa shape index (κ1) is 15.9. The van der Waals surface area contributed by atoms with Gasteiger partial charge in [0, 0.05) is 31.3 Å². The monoisotopic (exact) mass is 335 g/mol. The van der Waals surface area contributed by atoms with Crippen LogP contribution in [0.1, 0.15) is 29.4 Å². The van der Waals surface area contributed by atoms with Crippen molar-refractivity contribution in [1.82, 2.24) is 9.97 Å². The number of hydrogen-bond donors (Lipinski definition) is 1. The highest BCUT2D eigenvalue weighted by molar-refractivity contribution is 8.93. The summed E-state index contributed by atoms with van der Waals surface area (Å²) in [6.45, 7) is 1.46. The van der Waals surface area contributed by atoms with E-state index in [1.165, 1.54) is 6.92 Å². The van der Waals surface area contributed by atoms with Crippen LogP contribution in [0, 0.1) is 11.3 Å². The van der Waals surface area contributed by atoms with Crippen molar-refractivity contribution < 1.29 is 9.53 Å². The van der Waals surface area contributed by atoms with Crippen molar-refractivity contribution in [2.75, 3.05) is 0 Å². The number of esters is 1. The van der Waals surface area contributed by atoms with Gasteiger partial charge in [-0.15, -0.1) is 17.0 Å². The van der Waals surface area contributed by atoms with E-state index >= 15 is 0 Å². The predicted molar refractivity (Wildman–Crippen MR) is 78.3 cm³/mol. The summed E-state index contributed by atoms with van der Waals surface area (Å²) in [5.41, 5.74) is 2.24. The molecule has 1 heterocycles. The Kier molecular flexibility index (Phi) is 5.94. The number of nitrogens with zero attached hydrogens (tertiary/aromatic N) is 2. The van der Waals surface area contributed by atoms with Crippen LogP contribution in [0.25, 0.3) is 0 Å². The molecule has 0 aliphatic rings. The molecule has 2 aromatic rings. The molecular formula is C14H14BrN3O2. The summed E-state index contributed by atoms with van der Waals surface area (Å²) < 4.78 is 4.95. The fraction of sp³-hybridized carbons (Fsp3) is 0.214. The lowest BCUT2D eigenvalue weighted by Gasteiger charge is -2.07. The van der Waals surface area contributed by atoms with Crippen molar-refractivity contribution in [2.45, 2.75) is 20.0 Å². The molecule has 0 bridgehead atoms. The first-order chi connectivity index (χ1) is 9.19. The van der Waals surface area contributed by atoms with Crippen molar-refractivity contribution in [2.24, 2.45) is 0 Å². The molecule has 1 aromatic heterocycles. The number of aromatic amines is 1. The smallest absolute Gasteiger partial charge is 0.302 e. The Morgan fingerprint density at radius 3 is 2.90 bits per heavy atom. The number of nitrogens with one attached hydrogen (secondary N) is 1. The largest absolute Gasteiger partial charge is 0.461 e. The number of ether oxygens (including phenoxy) is 1. The number of aromatic nitrogens is 2. The lowest BCUT2D eigenvalue weighted by molar-refractivity contribution is -0.142. The van der Waals surface area contributed by atoms with Gasteiger partial charge in [-0.1, -0.05) is 12.1 Å². The molecule has 2 rings (SSSR count). The second-order valence-corrected chi connectivity index (χ2v) is 4.10. The van der Waals surface area contributed by atoms with Crippen molar-refractivity contribution in [3.63, 3.8) is 0 Å². The molecule has 0 atom stereocenters. The quantitative estimate of drug-likeness (QED) is 0.870. The fourth-order valence-electron chi connectivity index (χ4n) is 1.75. The van der Waals surface area contributed by atoms with Gasteiger partial charge in [-0.25, -0.2) is 4.98 Å². The zero-order valence-corrected chi connectivity index (χ0v) is 12.6. The van der Waals surface area contributed by atoms with Crippen LogP contribution in [0.5, 0.6) is 0 Å². The number of benzene rings is 1. The van der Waals surface area contributed by atoms with Crippen molar-refractivity contribution in [3.05, 3.63) is 53.1 Å². The minimum Gasteiger partial charge on any atom is -0.461 e. The molecule has 1 N–H and O–H groups in total. The Labute approximate surface area is 127 Å². The lowest BCUT2D eigenvalue weighted by atomic mass is 10.0. The third-order valence-corrected chi connectivity index (χ3v) is 2.65. The molecule has 0 aliphatic carbocycles. The standard InChI is InChI=1S/C14H13N3O2.BrH/c1-10(18)19-9-13-6-11(2-3-12(13)8-15)7-14-16-4-5-17-14;/h2-6H,7,9H2,1H3,(H,16,17);1H. The van der Waals surface area contributed by atoms with Gasteiger partial charge in [0.15, 0.2) is 0 Å². The summed E-state index contributed by atoms with van der Waals surface area (Å²) in [7, 11) is 0. The zero-order valence-electron chi connectivity index (χ0n) is 10.9. The molecule has 6 heteroatoms. The fourth-order valence-corrected chi connectivity index (χ4v) is 1.75. The van der Waals surface area contributed by atoms with E-state index in [2.05, 4.69) is 16.0 Å². The summed E-state index contributed by atoms with van der Waals surface area (Å²) in [6.07, 6.45) is 4.10. The Bertz CT molecular complexity index is 618. The third kappa shape index (κ3) is 4.21. The van der Waals surface area contributed by atoms with E-state index in [-0.39, 0.29) is 29.6 Å². The summed E-state index contributed by atoms with van der Waals surface area (Å²) in [5, 5.41) is 9.02. The number of imidazole rings is 1. The first-order valence-corrected chi connectivity index (χ1v) is 5.82. The van der Waals surface area contributed by atoms with Crippen LogP contribution in [-0.4, -0.2) is 15.9 Å². The van der Waals surface area contributed by atoms with Crippen molar-refractivity contribution in [1.29, 1.82) is 5.26 Å². The topological polar surface area (TPSA) is 78.8 Å². The average molecular weight is 336 g/mol. The maximum Gasteiger partial charge on any atom is 0.302 e. The second kappa shape index (κ2) is 7.46. The number of halogens is 1. The van der Waals surface area contributed by atoms with E-state index in [1.807, 2.05) is 12.1 Å². The van der Waals surface area contributed by atoms with Gasteiger partial charge in [0.25, 0.3) is 0 Å². The van der Waals surface area contributed by atoms with Crippen LogP contribution in [0.3, 0.4) is 0 Å². The van der Waals surface area contributed by atoms with Crippen LogP contribution in [-0.2, 0) is 22.6 Å². The summed E-state index contributed by atoms with van der Waals surface area (Å²) >= 11 is 0. The normalized spacial score (nSPS) is 9.40. The minimum atomic E-state index is -0.361. The van der Waals surface area contributed by atoms with E-state index in [9.17, 15) is 4.79 Å². The number of H-pyrrole nitrogens is 1. The third-order valence-electron chi connectivity index (χ3n) is 2.65. The Balaban J connectivity index is 0.00000200. The van der Waals surface area contributed by atoms with Gasteiger partial charge >= 0.3 is 5.97 Å². The van der Waals surface area contributed by atoms with Crippen LogP contribution in [0.4, 0.5) is 0 Å². The van der Waals surface area contributed by atoms with Gasteiger partial charge < -0.3 is 9.72 Å². The van der Waals surface area contributed by atoms with E-state index in [4.69, 9.17) is 10.00 Å². The highest BCUT2D eigenvalue weighted by atomic mass is 79.9. The van der Waals surface area contributed by atoms with E-state index in [0.717, 1.165) is 11.4 Å². The van der Waals surface area contributed by atoms with Gasteiger partial charge in [-0.2, -0.15) is 5.26 Å². The summed E-state index contributed by atoms with van der Waals surface area (Å²) in [5.74, 6) is 0.489. The maximum absolute atomic E-state index is 10.8. The molecule has 0 saturated heterocycles. The van der Waals surface area contributed by atoms with Gasteiger partial charge in [0.1, 0.15) is 12.4 Å². The molecule has 0 amide bonds. The Morgan fingerprint density at radius 1 is 1.50 bits per heavy atom. The number of rotatable bonds is 4. The van der Waals surface area contributed by atoms with Gasteiger partial charge in [0.05, 0.1) is 11.6 Å². The number of carbonyl (C=O) groups is 1. The number of carbonyl (C=O) groups excluding carboxylic acids is 1. The first-order valence-electron chi connectivity index (χ1n) is 5.82. The SMILES string of the molecule is Br.CC(=O)OCc1cc(Cc2ncc[nH]2)ccc1C#N. The van der Waals surface area contributed by atoms with E-state index in [1.54, 1.807) is 18.5 Å². The molecular weight excluding hydrogens is 322 g/mol. The predicted octanol–water partition coefficient (Wildman–Crippen LogP) is 2.51. The van der Waals surface area contributed by atoms with Crippen molar-refractivity contribution >= 4 is 23.0 Å². The maximum atomic E-state index is 10.8. The summed E-state index contributed by atoms with van der Waals surface area (Å²) in [4.78, 5) is 18.0. The molecule has 0 saturated carbocycles. The molecule has 0 radical (unpaired) electrons. The average Bonchev–Trinajstić information content (AvgIpc) is 2.89. The molecule has 0 spiro atoms. The number of hydrogen-bond acceptors (Lipinski definition) is 4. The van der Waals surface area contributed by atoms with Crippen LogP contribution >= 0.6 is 17.0 Å². The molecule has 0 unspecified atom stereocenters. The van der Waals surface area contributed by atoms with Crippen LogP contribution in [0.15, 0.2) is 30.6 Å². The molecule has 0 aliphatic heterocycles. The molecule has 1 aromatic carbocycles. The Morgan fingerprint density at radius 2 is 2.30 bits per heavy atom. The minimum absolute atomic E-state index is 0. The molecule has 20 heavy (non-hydrogen) atoms. The van der Waals surface area contributed by atoms with Crippen LogP contribution in [0.2, 0.25) is 0 Å². The van der Waals surface area contributed by atoms with Gasteiger partial charge in [-0.05, 0) is 11.6 Å². The lowest BCUT2D eigenvalue weighted by Crippen LogP contribution is -2.02. The van der Waals surface area contributed by atoms with E-state index < -0.39 is 0 Å². The molecule has 0 fully saturated rings. The molecule has 104 valence electrons. The zero-order chi connectivity index (χ0) is 13.7.